The Kier molecular flexibility index (Phi) is 3.51. The molecule has 2 aromatic rings. The van der Waals surface area contributed by atoms with Gasteiger partial charge in [-0.1, -0.05) is 12.1 Å². The first kappa shape index (κ1) is 12.2. The Hall–Kier alpha value is -1.81. The van der Waals surface area contributed by atoms with Crippen molar-refractivity contribution < 1.29 is 5.11 Å². The van der Waals surface area contributed by atoms with Crippen LogP contribution in [0.5, 0.6) is 5.75 Å². The summed E-state index contributed by atoms with van der Waals surface area (Å²) in [5.74, 6) is 0.322. The molecule has 100 valence electrons. The number of phenols is 1. The normalized spacial score (nSPS) is 18.8. The van der Waals surface area contributed by atoms with Gasteiger partial charge in [0.05, 0.1) is 12.0 Å². The van der Waals surface area contributed by atoms with Crippen LogP contribution in [-0.4, -0.2) is 21.2 Å². The van der Waals surface area contributed by atoms with E-state index in [0.29, 0.717) is 11.8 Å². The van der Waals surface area contributed by atoms with Crippen molar-refractivity contribution in [2.24, 2.45) is 0 Å². The van der Waals surface area contributed by atoms with Crippen LogP contribution in [0.15, 0.2) is 36.8 Å². The number of hydrogen-bond donors (Lipinski definition) is 2. The van der Waals surface area contributed by atoms with Crippen molar-refractivity contribution in [3.8, 4) is 5.75 Å². The first-order valence-corrected chi connectivity index (χ1v) is 6.84. The van der Waals surface area contributed by atoms with Crippen LogP contribution in [0.1, 0.15) is 30.1 Å². The van der Waals surface area contributed by atoms with E-state index >= 15 is 0 Å². The van der Waals surface area contributed by atoms with E-state index in [2.05, 4.69) is 14.9 Å². The zero-order valence-electron chi connectivity index (χ0n) is 10.9. The van der Waals surface area contributed by atoms with Crippen LogP contribution < -0.4 is 5.32 Å². The predicted octanol–water partition coefficient (Wildman–Crippen LogP) is 2.26. The number of aromatic nitrogens is 2. The summed E-state index contributed by atoms with van der Waals surface area (Å²) in [6, 6.07) is 7.88. The third-order valence-corrected chi connectivity index (χ3v) is 3.74. The molecule has 0 aliphatic carbocycles. The van der Waals surface area contributed by atoms with Crippen molar-refractivity contribution in [1.29, 1.82) is 0 Å². The van der Waals surface area contributed by atoms with E-state index in [1.54, 1.807) is 12.1 Å². The highest BCUT2D eigenvalue weighted by Crippen LogP contribution is 2.22. The van der Waals surface area contributed by atoms with E-state index in [1.807, 2.05) is 24.7 Å². The van der Waals surface area contributed by atoms with Gasteiger partial charge in [-0.3, -0.25) is 0 Å². The topological polar surface area (TPSA) is 50.1 Å². The van der Waals surface area contributed by atoms with Crippen molar-refractivity contribution >= 4 is 0 Å². The maximum Gasteiger partial charge on any atom is 0.115 e. The largest absolute Gasteiger partial charge is 0.508 e. The standard InChI is InChI=1S/C15H19N3O/c19-13-5-3-12(4-6-13)7-9-18-11-16-10-15(18)14-2-1-8-17-14/h3-6,10-11,14,17,19H,1-2,7-9H2/t14-/m0/s1. The molecule has 4 heteroatoms. The maximum atomic E-state index is 9.27. The zero-order chi connectivity index (χ0) is 13.1. The van der Waals surface area contributed by atoms with E-state index in [9.17, 15) is 5.11 Å². The zero-order valence-corrected chi connectivity index (χ0v) is 10.9. The molecule has 1 fully saturated rings. The lowest BCUT2D eigenvalue weighted by atomic mass is 10.1. The Morgan fingerprint density at radius 1 is 1.32 bits per heavy atom. The summed E-state index contributed by atoms with van der Waals surface area (Å²) in [6.45, 7) is 2.03. The van der Waals surface area contributed by atoms with Gasteiger partial charge in [-0.25, -0.2) is 4.98 Å². The smallest absolute Gasteiger partial charge is 0.115 e. The van der Waals surface area contributed by atoms with Crippen LogP contribution in [0.25, 0.3) is 0 Å². The monoisotopic (exact) mass is 257 g/mol. The van der Waals surface area contributed by atoms with Crippen molar-refractivity contribution in [2.75, 3.05) is 6.54 Å². The third-order valence-electron chi connectivity index (χ3n) is 3.74. The number of phenolic OH excluding ortho intramolecular Hbond substituents is 1. The van der Waals surface area contributed by atoms with E-state index in [4.69, 9.17) is 0 Å². The number of hydrogen-bond acceptors (Lipinski definition) is 3. The van der Waals surface area contributed by atoms with Gasteiger partial charge in [-0.2, -0.15) is 0 Å². The molecule has 1 aliphatic heterocycles. The first-order chi connectivity index (χ1) is 9.33. The van der Waals surface area contributed by atoms with E-state index in [0.717, 1.165) is 19.5 Å². The molecular formula is C15H19N3O. The Bertz CT molecular complexity index is 527. The van der Waals surface area contributed by atoms with E-state index < -0.39 is 0 Å². The average molecular weight is 257 g/mol. The molecule has 1 aromatic carbocycles. The van der Waals surface area contributed by atoms with Crippen LogP contribution in [0.2, 0.25) is 0 Å². The predicted molar refractivity (Wildman–Crippen MR) is 74.0 cm³/mol. The first-order valence-electron chi connectivity index (χ1n) is 6.84. The van der Waals surface area contributed by atoms with Gasteiger partial charge in [0.2, 0.25) is 0 Å². The minimum Gasteiger partial charge on any atom is -0.508 e. The second-order valence-corrected chi connectivity index (χ2v) is 5.08. The summed E-state index contributed by atoms with van der Waals surface area (Å²) in [7, 11) is 0. The van der Waals surface area contributed by atoms with Gasteiger partial charge in [0.15, 0.2) is 0 Å². The average Bonchev–Trinajstić information content (AvgIpc) is 3.08. The summed E-state index contributed by atoms with van der Waals surface area (Å²) in [5, 5.41) is 12.8. The number of aromatic hydroxyl groups is 1. The highest BCUT2D eigenvalue weighted by Gasteiger charge is 2.19. The number of nitrogens with one attached hydrogen (secondary N) is 1. The summed E-state index contributed by atoms with van der Waals surface area (Å²) >= 11 is 0. The summed E-state index contributed by atoms with van der Waals surface area (Å²) in [4.78, 5) is 4.28. The second kappa shape index (κ2) is 5.45. The number of nitrogens with zero attached hydrogens (tertiary/aromatic N) is 2. The lowest BCUT2D eigenvalue weighted by Gasteiger charge is -2.13. The van der Waals surface area contributed by atoms with Crippen LogP contribution in [0, 0.1) is 0 Å². The van der Waals surface area contributed by atoms with Gasteiger partial charge in [-0.15, -0.1) is 0 Å². The van der Waals surface area contributed by atoms with E-state index in [1.165, 1.54) is 24.1 Å². The van der Waals surface area contributed by atoms with E-state index in [-0.39, 0.29) is 0 Å². The SMILES string of the molecule is Oc1ccc(CCn2cncc2[C@@H]2CCCN2)cc1. The van der Waals surface area contributed by atoms with Gasteiger partial charge in [0.25, 0.3) is 0 Å². The molecule has 1 aromatic heterocycles. The van der Waals surface area contributed by atoms with Crippen molar-refractivity contribution in [1.82, 2.24) is 14.9 Å². The Morgan fingerprint density at radius 3 is 2.89 bits per heavy atom. The molecule has 1 atom stereocenters. The fourth-order valence-electron chi connectivity index (χ4n) is 2.66. The lowest BCUT2D eigenvalue weighted by Crippen LogP contribution is -2.17. The van der Waals surface area contributed by atoms with Gasteiger partial charge in [0.1, 0.15) is 5.75 Å². The number of rotatable bonds is 4. The molecule has 1 aliphatic rings. The Balaban J connectivity index is 1.66. The van der Waals surface area contributed by atoms with Gasteiger partial charge >= 0.3 is 0 Å². The number of imidazole rings is 1. The summed E-state index contributed by atoms with van der Waals surface area (Å²) < 4.78 is 2.23. The minimum absolute atomic E-state index is 0.322. The molecule has 2 heterocycles. The molecule has 0 bridgehead atoms. The molecule has 19 heavy (non-hydrogen) atoms. The fraction of sp³-hybridized carbons (Fsp3) is 0.400. The quantitative estimate of drug-likeness (QED) is 0.883. The molecular weight excluding hydrogens is 238 g/mol. The van der Waals surface area contributed by atoms with Gasteiger partial charge in [0, 0.05) is 18.8 Å². The summed E-state index contributed by atoms with van der Waals surface area (Å²) in [5.41, 5.74) is 2.52. The fourth-order valence-corrected chi connectivity index (χ4v) is 2.66. The summed E-state index contributed by atoms with van der Waals surface area (Å²) in [6.07, 6.45) is 7.28. The van der Waals surface area contributed by atoms with Crippen LogP contribution in [0.4, 0.5) is 0 Å². The number of aryl methyl sites for hydroxylation is 2. The highest BCUT2D eigenvalue weighted by molar-refractivity contribution is 5.26. The van der Waals surface area contributed by atoms with Crippen molar-refractivity contribution in [2.45, 2.75) is 31.8 Å². The molecule has 0 amide bonds. The van der Waals surface area contributed by atoms with Gasteiger partial charge in [-0.05, 0) is 43.5 Å². The van der Waals surface area contributed by atoms with Crippen LogP contribution in [-0.2, 0) is 13.0 Å². The number of benzene rings is 1. The van der Waals surface area contributed by atoms with Crippen LogP contribution in [0.3, 0.4) is 0 Å². The molecule has 0 radical (unpaired) electrons. The molecule has 0 saturated carbocycles. The molecule has 0 unspecified atom stereocenters. The molecule has 3 rings (SSSR count). The molecule has 2 N–H and O–H groups in total. The Labute approximate surface area is 113 Å². The van der Waals surface area contributed by atoms with Crippen LogP contribution >= 0.6 is 0 Å². The molecule has 0 spiro atoms. The molecule has 1 saturated heterocycles. The van der Waals surface area contributed by atoms with Crippen molar-refractivity contribution in [3.05, 3.63) is 48.0 Å². The van der Waals surface area contributed by atoms with Gasteiger partial charge < -0.3 is 15.0 Å². The lowest BCUT2D eigenvalue weighted by molar-refractivity contribution is 0.475. The minimum atomic E-state index is 0.322. The second-order valence-electron chi connectivity index (χ2n) is 5.08. The van der Waals surface area contributed by atoms with Crippen molar-refractivity contribution in [3.63, 3.8) is 0 Å². The third kappa shape index (κ3) is 2.79. The maximum absolute atomic E-state index is 9.27. The molecule has 4 nitrogen and oxygen atoms in total. The highest BCUT2D eigenvalue weighted by atomic mass is 16.3. The Morgan fingerprint density at radius 2 is 2.16 bits per heavy atom.